The molecule has 90 valence electrons. The van der Waals surface area contributed by atoms with E-state index in [0.29, 0.717) is 0 Å². The van der Waals surface area contributed by atoms with Crippen molar-refractivity contribution >= 4 is 11.3 Å². The minimum absolute atomic E-state index is 0.760. The molecule has 0 aliphatic heterocycles. The Balaban J connectivity index is 1.99. The molecule has 0 aromatic carbocycles. The van der Waals surface area contributed by atoms with Gasteiger partial charge in [-0.3, -0.25) is 0 Å². The van der Waals surface area contributed by atoms with Crippen LogP contribution in [-0.4, -0.2) is 25.7 Å². The van der Waals surface area contributed by atoms with Crippen molar-refractivity contribution in [3.05, 3.63) is 15.6 Å². The van der Waals surface area contributed by atoms with E-state index in [0.717, 1.165) is 31.9 Å². The fraction of sp³-hybridized carbons (Fsp3) is 0.750. The van der Waals surface area contributed by atoms with E-state index in [1.807, 2.05) is 18.4 Å². The normalized spacial score (nSPS) is 15.6. The predicted octanol–water partition coefficient (Wildman–Crippen LogP) is 2.32. The van der Waals surface area contributed by atoms with E-state index in [2.05, 4.69) is 5.32 Å². The number of nitrogens with one attached hydrogen (secondary N) is 1. The molecule has 1 fully saturated rings. The second kappa shape index (κ2) is 5.75. The van der Waals surface area contributed by atoms with Crippen molar-refractivity contribution in [2.24, 2.45) is 0 Å². The zero-order valence-corrected chi connectivity index (χ0v) is 10.9. The molecule has 4 heteroatoms. The van der Waals surface area contributed by atoms with Crippen LogP contribution in [0.2, 0.25) is 0 Å². The van der Waals surface area contributed by atoms with Crippen molar-refractivity contribution in [2.45, 2.75) is 38.1 Å². The monoisotopic (exact) mass is 240 g/mol. The average Bonchev–Trinajstić information content (AvgIpc) is 3.04. The van der Waals surface area contributed by atoms with Crippen LogP contribution in [-0.2, 0) is 17.7 Å². The molecule has 0 spiro atoms. The minimum Gasteiger partial charge on any atom is -0.385 e. The summed E-state index contributed by atoms with van der Waals surface area (Å²) in [5.74, 6) is 0.760. The highest BCUT2D eigenvalue weighted by molar-refractivity contribution is 7.11. The predicted molar refractivity (Wildman–Crippen MR) is 67.0 cm³/mol. The molecular formula is C12H20N2OS. The second-order valence-electron chi connectivity index (χ2n) is 4.32. The quantitative estimate of drug-likeness (QED) is 0.743. The van der Waals surface area contributed by atoms with Gasteiger partial charge in [-0.1, -0.05) is 0 Å². The molecule has 2 rings (SSSR count). The van der Waals surface area contributed by atoms with Gasteiger partial charge in [-0.2, -0.15) is 0 Å². The van der Waals surface area contributed by atoms with E-state index in [1.165, 1.54) is 28.4 Å². The van der Waals surface area contributed by atoms with Crippen LogP contribution in [0.5, 0.6) is 0 Å². The molecule has 3 nitrogen and oxygen atoms in total. The third kappa shape index (κ3) is 3.03. The van der Waals surface area contributed by atoms with E-state index < -0.39 is 0 Å². The van der Waals surface area contributed by atoms with Gasteiger partial charge in [0.1, 0.15) is 0 Å². The molecule has 1 aromatic heterocycles. The van der Waals surface area contributed by atoms with E-state index in [9.17, 15) is 0 Å². The molecule has 1 aromatic rings. The third-order valence-corrected chi connectivity index (χ3v) is 3.94. The molecule has 0 amide bonds. The summed E-state index contributed by atoms with van der Waals surface area (Å²) in [6.07, 6.45) is 4.80. The standard InChI is InChI=1S/C12H20N2OS/c1-13-8-10-12(9-5-6-9)14-11(16-10)4-3-7-15-2/h9,13H,3-8H2,1-2H3. The Labute approximate surface area is 101 Å². The Morgan fingerprint density at radius 1 is 1.50 bits per heavy atom. The summed E-state index contributed by atoms with van der Waals surface area (Å²) in [6, 6.07) is 0. The zero-order chi connectivity index (χ0) is 11.4. The summed E-state index contributed by atoms with van der Waals surface area (Å²) >= 11 is 1.87. The lowest BCUT2D eigenvalue weighted by Crippen LogP contribution is -2.05. The Bertz CT molecular complexity index is 334. The highest BCUT2D eigenvalue weighted by atomic mass is 32.1. The number of ether oxygens (including phenoxy) is 1. The second-order valence-corrected chi connectivity index (χ2v) is 5.49. The number of methoxy groups -OCH3 is 1. The van der Waals surface area contributed by atoms with Gasteiger partial charge in [0.15, 0.2) is 0 Å². The number of nitrogens with zero attached hydrogens (tertiary/aromatic N) is 1. The molecule has 1 aliphatic carbocycles. The molecule has 1 aliphatic rings. The van der Waals surface area contributed by atoms with Gasteiger partial charge in [-0.05, 0) is 26.3 Å². The topological polar surface area (TPSA) is 34.1 Å². The van der Waals surface area contributed by atoms with Crippen molar-refractivity contribution < 1.29 is 4.74 Å². The number of thiazole rings is 1. The largest absolute Gasteiger partial charge is 0.385 e. The van der Waals surface area contributed by atoms with E-state index >= 15 is 0 Å². The van der Waals surface area contributed by atoms with Crippen LogP contribution >= 0.6 is 11.3 Å². The number of aryl methyl sites for hydroxylation is 1. The van der Waals surface area contributed by atoms with Crippen LogP contribution in [0, 0.1) is 0 Å². The molecule has 16 heavy (non-hydrogen) atoms. The molecule has 1 heterocycles. The van der Waals surface area contributed by atoms with Crippen LogP contribution in [0.15, 0.2) is 0 Å². The van der Waals surface area contributed by atoms with Gasteiger partial charge >= 0.3 is 0 Å². The Morgan fingerprint density at radius 3 is 2.94 bits per heavy atom. The number of hydrogen-bond acceptors (Lipinski definition) is 4. The zero-order valence-electron chi connectivity index (χ0n) is 10.1. The summed E-state index contributed by atoms with van der Waals surface area (Å²) < 4.78 is 5.07. The van der Waals surface area contributed by atoms with Crippen molar-refractivity contribution in [3.8, 4) is 0 Å². The van der Waals surface area contributed by atoms with Gasteiger partial charge in [0, 0.05) is 37.5 Å². The van der Waals surface area contributed by atoms with Crippen LogP contribution in [0.1, 0.15) is 40.8 Å². The van der Waals surface area contributed by atoms with Gasteiger partial charge in [0.2, 0.25) is 0 Å². The lowest BCUT2D eigenvalue weighted by Gasteiger charge is -1.97. The maximum Gasteiger partial charge on any atom is 0.0932 e. The number of aromatic nitrogens is 1. The molecule has 1 N–H and O–H groups in total. The summed E-state index contributed by atoms with van der Waals surface area (Å²) in [6.45, 7) is 1.80. The maximum absolute atomic E-state index is 5.07. The first-order valence-electron chi connectivity index (χ1n) is 5.97. The summed E-state index contributed by atoms with van der Waals surface area (Å²) in [5, 5.41) is 4.52. The first-order valence-corrected chi connectivity index (χ1v) is 6.78. The smallest absolute Gasteiger partial charge is 0.0932 e. The number of hydrogen-bond donors (Lipinski definition) is 1. The molecule has 0 radical (unpaired) electrons. The fourth-order valence-corrected chi connectivity index (χ4v) is 3.06. The van der Waals surface area contributed by atoms with Crippen molar-refractivity contribution in [3.63, 3.8) is 0 Å². The first-order chi connectivity index (χ1) is 7.85. The van der Waals surface area contributed by atoms with Crippen molar-refractivity contribution in [1.82, 2.24) is 10.3 Å². The van der Waals surface area contributed by atoms with E-state index in [4.69, 9.17) is 9.72 Å². The van der Waals surface area contributed by atoms with E-state index in [1.54, 1.807) is 7.11 Å². The Kier molecular flexibility index (Phi) is 4.32. The van der Waals surface area contributed by atoms with Gasteiger partial charge in [-0.25, -0.2) is 4.98 Å². The van der Waals surface area contributed by atoms with Gasteiger partial charge < -0.3 is 10.1 Å². The average molecular weight is 240 g/mol. The van der Waals surface area contributed by atoms with Gasteiger partial charge in [0.25, 0.3) is 0 Å². The van der Waals surface area contributed by atoms with Gasteiger partial charge in [-0.15, -0.1) is 11.3 Å². The SMILES string of the molecule is CNCc1sc(CCCOC)nc1C1CC1. The molecule has 1 saturated carbocycles. The third-order valence-electron chi connectivity index (χ3n) is 2.81. The summed E-state index contributed by atoms with van der Waals surface area (Å²) in [5.41, 5.74) is 1.37. The Hall–Kier alpha value is -0.450. The minimum atomic E-state index is 0.760. The highest BCUT2D eigenvalue weighted by Gasteiger charge is 2.29. The summed E-state index contributed by atoms with van der Waals surface area (Å²) in [4.78, 5) is 6.23. The first kappa shape index (κ1) is 12.0. The molecule has 0 bridgehead atoms. The van der Waals surface area contributed by atoms with E-state index in [-0.39, 0.29) is 0 Å². The van der Waals surface area contributed by atoms with Crippen LogP contribution < -0.4 is 5.32 Å². The molecular weight excluding hydrogens is 220 g/mol. The molecule has 0 saturated heterocycles. The maximum atomic E-state index is 5.07. The molecule has 0 atom stereocenters. The Morgan fingerprint density at radius 2 is 2.31 bits per heavy atom. The molecule has 0 unspecified atom stereocenters. The lowest BCUT2D eigenvalue weighted by molar-refractivity contribution is 0.195. The lowest BCUT2D eigenvalue weighted by atomic mass is 10.2. The van der Waals surface area contributed by atoms with Crippen molar-refractivity contribution in [1.29, 1.82) is 0 Å². The van der Waals surface area contributed by atoms with Crippen molar-refractivity contribution in [2.75, 3.05) is 20.8 Å². The van der Waals surface area contributed by atoms with Crippen LogP contribution in [0.3, 0.4) is 0 Å². The fourth-order valence-electron chi connectivity index (χ4n) is 1.85. The van der Waals surface area contributed by atoms with Gasteiger partial charge in [0.05, 0.1) is 10.7 Å². The summed E-state index contributed by atoms with van der Waals surface area (Å²) in [7, 11) is 3.75. The van der Waals surface area contributed by atoms with Crippen LogP contribution in [0.4, 0.5) is 0 Å². The van der Waals surface area contributed by atoms with Crippen LogP contribution in [0.25, 0.3) is 0 Å². The number of rotatable bonds is 7. The highest BCUT2D eigenvalue weighted by Crippen LogP contribution is 2.42.